The van der Waals surface area contributed by atoms with Crippen LogP contribution in [0.1, 0.15) is 41.5 Å². The highest BCUT2D eigenvalue weighted by Crippen LogP contribution is 2.10. The van der Waals surface area contributed by atoms with Crippen molar-refractivity contribution < 1.29 is 14.3 Å². The molecular weight excluding hydrogens is 230 g/mol. The van der Waals surface area contributed by atoms with Gasteiger partial charge in [-0.25, -0.2) is 0 Å². The number of hydrogen-bond acceptors (Lipinski definition) is 3. The fourth-order valence-corrected chi connectivity index (χ4v) is 0.988. The summed E-state index contributed by atoms with van der Waals surface area (Å²) in [6, 6.07) is 0. The second-order valence-corrected chi connectivity index (χ2v) is 5.20. The molecule has 0 saturated carbocycles. The molecular formula is C14H29NO3. The van der Waals surface area contributed by atoms with E-state index in [2.05, 4.69) is 10.1 Å². The average molecular weight is 259 g/mol. The highest BCUT2D eigenvalue weighted by Gasteiger charge is 2.16. The molecule has 4 heteroatoms. The molecule has 0 aromatic carbocycles. The molecule has 2 atom stereocenters. The number of carbonyl (C=O) groups is 2. The Balaban J connectivity index is 0. The van der Waals surface area contributed by atoms with E-state index < -0.39 is 0 Å². The minimum atomic E-state index is -0.120. The summed E-state index contributed by atoms with van der Waals surface area (Å²) in [7, 11) is 3.09. The lowest BCUT2D eigenvalue weighted by atomic mass is 9.98. The molecule has 0 aliphatic carbocycles. The zero-order valence-corrected chi connectivity index (χ0v) is 13.0. The number of methoxy groups -OCH3 is 1. The van der Waals surface area contributed by atoms with Crippen LogP contribution in [0.2, 0.25) is 0 Å². The summed E-state index contributed by atoms with van der Waals surface area (Å²) in [4.78, 5) is 21.6. The SMILES string of the molecule is CNC(=O)C(C)C(C)C.COC(=O)C(C)C(C)C. The van der Waals surface area contributed by atoms with Gasteiger partial charge < -0.3 is 10.1 Å². The van der Waals surface area contributed by atoms with Crippen molar-refractivity contribution in [3.05, 3.63) is 0 Å². The van der Waals surface area contributed by atoms with E-state index >= 15 is 0 Å². The minimum Gasteiger partial charge on any atom is -0.469 e. The van der Waals surface area contributed by atoms with Gasteiger partial charge in [-0.2, -0.15) is 0 Å². The number of esters is 1. The maximum atomic E-state index is 10.8. The Morgan fingerprint density at radius 1 is 0.889 bits per heavy atom. The fraction of sp³-hybridized carbons (Fsp3) is 0.857. The number of ether oxygens (including phenoxy) is 1. The summed E-state index contributed by atoms with van der Waals surface area (Å²) in [5, 5.41) is 2.61. The van der Waals surface area contributed by atoms with Crippen LogP contribution in [0, 0.1) is 23.7 Å². The third-order valence-electron chi connectivity index (χ3n) is 3.23. The van der Waals surface area contributed by atoms with E-state index in [1.165, 1.54) is 7.11 Å². The van der Waals surface area contributed by atoms with Crippen molar-refractivity contribution in [1.29, 1.82) is 0 Å². The van der Waals surface area contributed by atoms with Crippen LogP contribution in [-0.4, -0.2) is 26.0 Å². The van der Waals surface area contributed by atoms with Gasteiger partial charge >= 0.3 is 5.97 Å². The molecule has 2 unspecified atom stereocenters. The van der Waals surface area contributed by atoms with E-state index in [0.29, 0.717) is 11.8 Å². The smallest absolute Gasteiger partial charge is 0.308 e. The van der Waals surface area contributed by atoms with Gasteiger partial charge in [0.2, 0.25) is 5.91 Å². The highest BCUT2D eigenvalue weighted by atomic mass is 16.5. The third kappa shape index (κ3) is 8.09. The molecule has 0 aliphatic rings. The quantitative estimate of drug-likeness (QED) is 0.789. The summed E-state index contributed by atoms with van der Waals surface area (Å²) >= 11 is 0. The van der Waals surface area contributed by atoms with Gasteiger partial charge in [0.05, 0.1) is 13.0 Å². The maximum absolute atomic E-state index is 10.8. The van der Waals surface area contributed by atoms with Crippen LogP contribution in [-0.2, 0) is 14.3 Å². The summed E-state index contributed by atoms with van der Waals surface area (Å²) in [5.41, 5.74) is 0. The topological polar surface area (TPSA) is 55.4 Å². The molecule has 0 aliphatic heterocycles. The molecule has 0 bridgehead atoms. The molecule has 0 spiro atoms. The molecule has 0 radical (unpaired) electrons. The van der Waals surface area contributed by atoms with E-state index in [0.717, 1.165) is 0 Å². The second kappa shape index (κ2) is 9.92. The van der Waals surface area contributed by atoms with Crippen molar-refractivity contribution in [2.75, 3.05) is 14.2 Å². The van der Waals surface area contributed by atoms with Gasteiger partial charge in [0.1, 0.15) is 0 Å². The third-order valence-corrected chi connectivity index (χ3v) is 3.23. The Hall–Kier alpha value is -1.06. The number of amides is 1. The summed E-state index contributed by atoms with van der Waals surface area (Å²) in [6.45, 7) is 11.9. The van der Waals surface area contributed by atoms with E-state index in [1.807, 2.05) is 41.5 Å². The van der Waals surface area contributed by atoms with Crippen LogP contribution in [0.15, 0.2) is 0 Å². The molecule has 0 fully saturated rings. The second-order valence-electron chi connectivity index (χ2n) is 5.20. The van der Waals surface area contributed by atoms with Crippen LogP contribution in [0.25, 0.3) is 0 Å². The van der Waals surface area contributed by atoms with Gasteiger partial charge in [0.25, 0.3) is 0 Å². The Kier molecular flexibility index (Phi) is 10.6. The van der Waals surface area contributed by atoms with Crippen molar-refractivity contribution in [3.63, 3.8) is 0 Å². The van der Waals surface area contributed by atoms with Crippen LogP contribution < -0.4 is 5.32 Å². The first kappa shape index (κ1) is 19.3. The van der Waals surface area contributed by atoms with Gasteiger partial charge in [-0.15, -0.1) is 0 Å². The Morgan fingerprint density at radius 3 is 1.39 bits per heavy atom. The molecule has 1 N–H and O–H groups in total. The fourth-order valence-electron chi connectivity index (χ4n) is 0.988. The molecule has 0 heterocycles. The number of rotatable bonds is 4. The van der Waals surface area contributed by atoms with E-state index in [-0.39, 0.29) is 23.7 Å². The van der Waals surface area contributed by atoms with Crippen molar-refractivity contribution in [2.45, 2.75) is 41.5 Å². The van der Waals surface area contributed by atoms with Crippen LogP contribution in [0.5, 0.6) is 0 Å². The van der Waals surface area contributed by atoms with Gasteiger partial charge in [0, 0.05) is 13.0 Å². The zero-order valence-electron chi connectivity index (χ0n) is 13.0. The van der Waals surface area contributed by atoms with Crippen molar-refractivity contribution in [3.8, 4) is 0 Å². The minimum absolute atomic E-state index is 0.0231. The normalized spacial score (nSPS) is 13.4. The Morgan fingerprint density at radius 2 is 1.28 bits per heavy atom. The maximum Gasteiger partial charge on any atom is 0.308 e. The lowest BCUT2D eigenvalue weighted by Crippen LogP contribution is -2.28. The number of carbonyl (C=O) groups excluding carboxylic acids is 2. The molecule has 0 aromatic heterocycles. The monoisotopic (exact) mass is 259 g/mol. The first-order chi connectivity index (χ1) is 8.18. The van der Waals surface area contributed by atoms with E-state index in [9.17, 15) is 9.59 Å². The lowest BCUT2D eigenvalue weighted by molar-refractivity contribution is -0.146. The molecule has 108 valence electrons. The van der Waals surface area contributed by atoms with Crippen LogP contribution in [0.4, 0.5) is 0 Å². The number of hydrogen-bond donors (Lipinski definition) is 1. The van der Waals surface area contributed by atoms with Gasteiger partial charge in [-0.3, -0.25) is 9.59 Å². The molecule has 0 rings (SSSR count). The summed E-state index contributed by atoms with van der Waals surface area (Å²) < 4.78 is 4.53. The molecule has 18 heavy (non-hydrogen) atoms. The van der Waals surface area contributed by atoms with Gasteiger partial charge in [0.15, 0.2) is 0 Å². The highest BCUT2D eigenvalue weighted by molar-refractivity contribution is 5.78. The van der Waals surface area contributed by atoms with E-state index in [4.69, 9.17) is 0 Å². The predicted octanol–water partition coefficient (Wildman–Crippen LogP) is 2.48. The Labute approximate surface area is 111 Å². The largest absolute Gasteiger partial charge is 0.469 e. The standard InChI is InChI=1S/C7H15NO.C7H14O2/c1-5(2)6(3)7(9)8-4;1-5(2)6(3)7(8)9-4/h5-6H,1-4H3,(H,8,9);5-6H,1-4H3. The number of nitrogens with one attached hydrogen (secondary N) is 1. The van der Waals surface area contributed by atoms with Crippen molar-refractivity contribution >= 4 is 11.9 Å². The van der Waals surface area contributed by atoms with Gasteiger partial charge in [-0.05, 0) is 11.8 Å². The van der Waals surface area contributed by atoms with Crippen LogP contribution in [0.3, 0.4) is 0 Å². The first-order valence-corrected chi connectivity index (χ1v) is 6.48. The molecule has 4 nitrogen and oxygen atoms in total. The molecule has 1 amide bonds. The van der Waals surface area contributed by atoms with Crippen molar-refractivity contribution in [2.24, 2.45) is 23.7 Å². The Bertz CT molecular complexity index is 223. The molecule has 0 aromatic rings. The summed E-state index contributed by atoms with van der Waals surface area (Å²) in [5.74, 6) is 0.974. The van der Waals surface area contributed by atoms with E-state index in [1.54, 1.807) is 7.05 Å². The molecule has 0 saturated heterocycles. The van der Waals surface area contributed by atoms with Gasteiger partial charge in [-0.1, -0.05) is 41.5 Å². The zero-order chi connectivity index (χ0) is 14.9. The lowest BCUT2D eigenvalue weighted by Gasteiger charge is -2.12. The first-order valence-electron chi connectivity index (χ1n) is 6.48. The summed E-state index contributed by atoms with van der Waals surface area (Å²) in [6.07, 6.45) is 0. The predicted molar refractivity (Wildman–Crippen MR) is 74.1 cm³/mol. The van der Waals surface area contributed by atoms with Crippen molar-refractivity contribution in [1.82, 2.24) is 5.32 Å². The average Bonchev–Trinajstić information content (AvgIpc) is 2.35. The van der Waals surface area contributed by atoms with Crippen LogP contribution >= 0.6 is 0 Å².